The number of aliphatic hydroxyl groups is 1. The summed E-state index contributed by atoms with van der Waals surface area (Å²) in [5.74, 6) is 0.584. The van der Waals surface area contributed by atoms with Crippen LogP contribution in [-0.4, -0.2) is 78.8 Å². The van der Waals surface area contributed by atoms with Gasteiger partial charge in [-0.15, -0.1) is 5.10 Å². The summed E-state index contributed by atoms with van der Waals surface area (Å²) in [5, 5.41) is 19.9. The Hall–Kier alpha value is -3.74. The Bertz CT molecular complexity index is 1220. The van der Waals surface area contributed by atoms with Gasteiger partial charge in [0, 0.05) is 12.6 Å². The first kappa shape index (κ1) is 24.4. The van der Waals surface area contributed by atoms with Crippen LogP contribution in [-0.2, 0) is 11.3 Å². The predicted octanol–water partition coefficient (Wildman–Crippen LogP) is 1.57. The van der Waals surface area contributed by atoms with Crippen molar-refractivity contribution in [1.82, 2.24) is 34.6 Å². The third-order valence-electron chi connectivity index (χ3n) is 5.64. The lowest BCUT2D eigenvalue weighted by molar-refractivity contribution is -0.117. The zero-order chi connectivity index (χ0) is 25.3. The highest BCUT2D eigenvalue weighted by molar-refractivity contribution is 5.88. The van der Waals surface area contributed by atoms with E-state index in [1.54, 1.807) is 29.0 Å². The number of ether oxygens (including phenoxy) is 1. The van der Waals surface area contributed by atoms with Crippen molar-refractivity contribution < 1.29 is 19.0 Å². The zero-order valence-corrected chi connectivity index (χ0v) is 20.1. The van der Waals surface area contributed by atoms with Crippen LogP contribution in [0.1, 0.15) is 26.8 Å². The summed E-state index contributed by atoms with van der Waals surface area (Å²) in [7, 11) is 1.50. The molecule has 1 fully saturated rings. The Morgan fingerprint density at radius 1 is 1.37 bits per heavy atom. The van der Waals surface area contributed by atoms with Crippen molar-refractivity contribution in [3.05, 3.63) is 25.2 Å². The van der Waals surface area contributed by atoms with Gasteiger partial charge >= 0.3 is 0 Å². The number of nitrogens with zero attached hydrogens (tertiary/aromatic N) is 7. The summed E-state index contributed by atoms with van der Waals surface area (Å²) in [4.78, 5) is 27.2. The van der Waals surface area contributed by atoms with E-state index in [9.17, 15) is 14.3 Å². The second kappa shape index (κ2) is 9.86. The number of fused-ring (bicyclic) bond motifs is 1. The van der Waals surface area contributed by atoms with Gasteiger partial charge in [0.15, 0.2) is 17.0 Å². The fourth-order valence-corrected chi connectivity index (χ4v) is 3.95. The van der Waals surface area contributed by atoms with Crippen molar-refractivity contribution >= 4 is 34.5 Å². The molecule has 0 aromatic carbocycles. The molecule has 1 unspecified atom stereocenters. The second-order valence-electron chi connectivity index (χ2n) is 8.78. The molecule has 3 N–H and O–H groups in total. The summed E-state index contributed by atoms with van der Waals surface area (Å²) in [6.45, 7) is 9.62. The smallest absolute Gasteiger partial charge is 0.256 e. The Kier molecular flexibility index (Phi) is 6.87. The Morgan fingerprint density at radius 2 is 2.14 bits per heavy atom. The normalized spacial score (nSPS) is 18.8. The van der Waals surface area contributed by atoms with Crippen LogP contribution in [0, 0.1) is 0 Å². The van der Waals surface area contributed by atoms with Gasteiger partial charge in [-0.25, -0.2) is 9.37 Å². The van der Waals surface area contributed by atoms with Crippen molar-refractivity contribution in [3.8, 4) is 5.88 Å². The molecule has 1 aliphatic rings. The van der Waals surface area contributed by atoms with Crippen LogP contribution in [0.25, 0.3) is 11.2 Å². The Morgan fingerprint density at radius 3 is 2.80 bits per heavy atom. The number of hydrogen-bond acceptors (Lipinski definition) is 9. The molecule has 3 aromatic rings. The minimum Gasteiger partial charge on any atom is -0.478 e. The maximum Gasteiger partial charge on any atom is 0.256 e. The van der Waals surface area contributed by atoms with E-state index in [0.29, 0.717) is 34.5 Å². The number of aromatic nitrogens is 6. The van der Waals surface area contributed by atoms with Crippen LogP contribution in [0.15, 0.2) is 25.2 Å². The SMILES string of the molecule is C=CC(=O)N[C@@H]1CN(c2nc(Nc3cn(CC(C)O)nc3OC)c3ncn(C(C)C)c3n2)C[C@H]1F. The Labute approximate surface area is 201 Å². The van der Waals surface area contributed by atoms with Crippen molar-refractivity contribution in [2.24, 2.45) is 0 Å². The fraction of sp³-hybridized carbons (Fsp3) is 0.500. The molecule has 3 atom stereocenters. The van der Waals surface area contributed by atoms with Gasteiger partial charge in [-0.3, -0.25) is 9.48 Å². The largest absolute Gasteiger partial charge is 0.478 e. The molecule has 1 amide bonds. The number of alkyl halides is 1. The molecule has 0 saturated carbocycles. The van der Waals surface area contributed by atoms with E-state index in [-0.39, 0.29) is 25.7 Å². The first-order valence-electron chi connectivity index (χ1n) is 11.3. The van der Waals surface area contributed by atoms with Crippen molar-refractivity contribution in [2.75, 3.05) is 30.4 Å². The number of rotatable bonds is 9. The van der Waals surface area contributed by atoms with Crippen molar-refractivity contribution in [2.45, 2.75) is 51.7 Å². The summed E-state index contributed by atoms with van der Waals surface area (Å²) < 4.78 is 23.6. The van der Waals surface area contributed by atoms with Gasteiger partial charge in [0.05, 0.1) is 44.9 Å². The van der Waals surface area contributed by atoms with Gasteiger partial charge in [-0.05, 0) is 26.8 Å². The molecule has 0 radical (unpaired) electrons. The van der Waals surface area contributed by atoms with Gasteiger partial charge in [0.25, 0.3) is 5.88 Å². The summed E-state index contributed by atoms with van der Waals surface area (Å²) >= 11 is 0. The average Bonchev–Trinajstić information content (AvgIpc) is 3.50. The van der Waals surface area contributed by atoms with E-state index in [2.05, 4.69) is 37.3 Å². The first-order chi connectivity index (χ1) is 16.7. The molecule has 35 heavy (non-hydrogen) atoms. The summed E-state index contributed by atoms with van der Waals surface area (Å²) in [5.41, 5.74) is 1.64. The minimum absolute atomic E-state index is 0.0263. The molecule has 1 saturated heterocycles. The molecule has 0 aliphatic carbocycles. The molecule has 1 aliphatic heterocycles. The summed E-state index contributed by atoms with van der Waals surface area (Å²) in [6.07, 6.45) is 2.62. The van der Waals surface area contributed by atoms with E-state index in [1.807, 2.05) is 18.4 Å². The third kappa shape index (κ3) is 5.04. The number of imidazole rings is 1. The number of amides is 1. The molecule has 0 spiro atoms. The van der Waals surface area contributed by atoms with E-state index in [4.69, 9.17) is 4.74 Å². The van der Waals surface area contributed by atoms with Gasteiger partial charge in [0.1, 0.15) is 11.9 Å². The molecule has 0 bridgehead atoms. The third-order valence-corrected chi connectivity index (χ3v) is 5.64. The van der Waals surface area contributed by atoms with Crippen LogP contribution >= 0.6 is 0 Å². The number of anilines is 3. The number of methoxy groups -OCH3 is 1. The molecule has 4 heterocycles. The number of aliphatic hydroxyl groups excluding tert-OH is 1. The van der Waals surface area contributed by atoms with Crippen LogP contribution in [0.5, 0.6) is 5.88 Å². The number of hydrogen-bond donors (Lipinski definition) is 3. The lowest BCUT2D eigenvalue weighted by atomic mass is 10.2. The van der Waals surface area contributed by atoms with E-state index < -0.39 is 24.2 Å². The predicted molar refractivity (Wildman–Crippen MR) is 129 cm³/mol. The van der Waals surface area contributed by atoms with Crippen molar-refractivity contribution in [3.63, 3.8) is 0 Å². The second-order valence-corrected chi connectivity index (χ2v) is 8.78. The number of carbonyl (C=O) groups is 1. The molecule has 12 nitrogen and oxygen atoms in total. The van der Waals surface area contributed by atoms with Crippen LogP contribution in [0.4, 0.5) is 21.8 Å². The molecule has 13 heteroatoms. The quantitative estimate of drug-likeness (QED) is 0.384. The van der Waals surface area contributed by atoms with Crippen LogP contribution < -0.4 is 20.3 Å². The highest BCUT2D eigenvalue weighted by Crippen LogP contribution is 2.31. The van der Waals surface area contributed by atoms with E-state index in [1.165, 1.54) is 7.11 Å². The monoisotopic (exact) mass is 487 g/mol. The first-order valence-corrected chi connectivity index (χ1v) is 11.3. The fourth-order valence-electron chi connectivity index (χ4n) is 3.95. The van der Waals surface area contributed by atoms with Crippen LogP contribution in [0.3, 0.4) is 0 Å². The maximum atomic E-state index is 14.7. The summed E-state index contributed by atoms with van der Waals surface area (Å²) in [6, 6.07) is -0.629. The number of nitrogens with one attached hydrogen (secondary N) is 2. The molecule has 188 valence electrons. The lowest BCUT2D eigenvalue weighted by Gasteiger charge is -2.18. The molecular formula is C22H30FN9O3. The van der Waals surface area contributed by atoms with Crippen LogP contribution in [0.2, 0.25) is 0 Å². The topological polar surface area (TPSA) is 135 Å². The standard InChI is InChI=1S/C22H30FN9O3/c1-6-17(34)25-15-9-30(8-14(15)23)22-27-19(18-20(28-22)32(11-24-18)12(2)3)26-16-10-31(7-13(4)33)29-21(16)35-5/h6,10-15,33H,1,7-9H2,2-5H3,(H,25,34)(H,26,27,28)/t13?,14-,15-/m1/s1. The highest BCUT2D eigenvalue weighted by Gasteiger charge is 2.35. The van der Waals surface area contributed by atoms with Gasteiger partial charge < -0.3 is 29.9 Å². The number of halogens is 1. The minimum atomic E-state index is -1.29. The Balaban J connectivity index is 1.72. The molecule has 4 rings (SSSR count). The molecular weight excluding hydrogens is 457 g/mol. The maximum absolute atomic E-state index is 14.7. The zero-order valence-electron chi connectivity index (χ0n) is 20.1. The number of carbonyl (C=O) groups excluding carboxylic acids is 1. The van der Waals surface area contributed by atoms with Gasteiger partial charge in [0.2, 0.25) is 11.9 Å². The van der Waals surface area contributed by atoms with Crippen molar-refractivity contribution in [1.29, 1.82) is 0 Å². The molecule has 3 aromatic heterocycles. The van der Waals surface area contributed by atoms with Gasteiger partial charge in [-0.2, -0.15) is 9.97 Å². The highest BCUT2D eigenvalue weighted by atomic mass is 19.1. The van der Waals surface area contributed by atoms with E-state index >= 15 is 0 Å². The average molecular weight is 488 g/mol. The van der Waals surface area contributed by atoms with Gasteiger partial charge in [-0.1, -0.05) is 6.58 Å². The van der Waals surface area contributed by atoms with E-state index in [0.717, 1.165) is 6.08 Å². The lowest BCUT2D eigenvalue weighted by Crippen LogP contribution is -2.40.